The van der Waals surface area contributed by atoms with Gasteiger partial charge in [0.25, 0.3) is 11.8 Å². The lowest BCUT2D eigenvalue weighted by Crippen LogP contribution is -3.19. The number of carbonyl (C=O) groups is 2. The molecule has 2 N–H and O–H groups in total. The number of hydrogen-bond acceptors (Lipinski definition) is 3. The minimum absolute atomic E-state index is 0.118. The third-order valence-electron chi connectivity index (χ3n) is 4.54. The van der Waals surface area contributed by atoms with Gasteiger partial charge in [0.2, 0.25) is 0 Å². The number of anilines is 1. The summed E-state index contributed by atoms with van der Waals surface area (Å²) in [6.07, 6.45) is 1.48. The number of nitrogens with zero attached hydrogens (tertiary/aromatic N) is 1. The fourth-order valence-electron chi connectivity index (χ4n) is 2.96. The third kappa shape index (κ3) is 4.06. The maximum absolute atomic E-state index is 12.9. The molecule has 2 amide bonds. The summed E-state index contributed by atoms with van der Waals surface area (Å²) in [4.78, 5) is 27.5. The molecule has 1 aromatic heterocycles. The van der Waals surface area contributed by atoms with E-state index in [1.165, 1.54) is 30.5 Å². The summed E-state index contributed by atoms with van der Waals surface area (Å²) in [5, 5.41) is 2.80. The van der Waals surface area contributed by atoms with Crippen LogP contribution in [0.5, 0.6) is 0 Å². The monoisotopic (exact) mass is 346 g/mol. The molecule has 1 aliphatic rings. The van der Waals surface area contributed by atoms with E-state index >= 15 is 0 Å². The Morgan fingerprint density at radius 2 is 1.88 bits per heavy atom. The second-order valence-electron chi connectivity index (χ2n) is 6.15. The minimum atomic E-state index is -0.339. The standard InChI is InChI=1S/C18H20FN3O3/c1-13(17(23)20-15-6-4-14(19)5-7-15)21-8-10-22(11-9-21)18(24)16-3-2-12-25-16/h2-7,12-13H,8-11H2,1H3,(H,20,23)/p+1/t13-/m1/s1. The van der Waals surface area contributed by atoms with E-state index < -0.39 is 0 Å². The Hall–Kier alpha value is -2.67. The smallest absolute Gasteiger partial charge is 0.289 e. The first-order chi connectivity index (χ1) is 12.0. The number of halogens is 1. The van der Waals surface area contributed by atoms with E-state index in [-0.39, 0.29) is 23.7 Å². The second-order valence-corrected chi connectivity index (χ2v) is 6.15. The van der Waals surface area contributed by atoms with E-state index in [1.54, 1.807) is 17.0 Å². The van der Waals surface area contributed by atoms with Crippen molar-refractivity contribution in [2.24, 2.45) is 0 Å². The van der Waals surface area contributed by atoms with Crippen molar-refractivity contribution in [2.45, 2.75) is 13.0 Å². The third-order valence-corrected chi connectivity index (χ3v) is 4.54. The SMILES string of the molecule is C[C@H](C(=O)Nc1ccc(F)cc1)[NH+]1CCN(C(=O)c2ccco2)CC1. The van der Waals surface area contributed by atoms with Crippen molar-refractivity contribution in [1.29, 1.82) is 0 Å². The summed E-state index contributed by atoms with van der Waals surface area (Å²) < 4.78 is 18.1. The van der Waals surface area contributed by atoms with Gasteiger partial charge in [-0.25, -0.2) is 4.39 Å². The molecule has 0 aliphatic carbocycles. The van der Waals surface area contributed by atoms with Gasteiger partial charge in [0.1, 0.15) is 5.82 Å². The molecule has 132 valence electrons. The topological polar surface area (TPSA) is 67.0 Å². The first kappa shape index (κ1) is 17.2. The second kappa shape index (κ2) is 7.48. The number of hydrogen-bond donors (Lipinski definition) is 2. The van der Waals surface area contributed by atoms with E-state index in [2.05, 4.69) is 5.32 Å². The van der Waals surface area contributed by atoms with Crippen LogP contribution < -0.4 is 10.2 Å². The Kier molecular flexibility index (Phi) is 5.14. The molecule has 0 spiro atoms. The number of furan rings is 1. The van der Waals surface area contributed by atoms with Gasteiger partial charge in [-0.3, -0.25) is 9.59 Å². The lowest BCUT2D eigenvalue weighted by Gasteiger charge is -2.34. The van der Waals surface area contributed by atoms with Crippen LogP contribution in [0.1, 0.15) is 17.5 Å². The molecule has 0 radical (unpaired) electrons. The summed E-state index contributed by atoms with van der Waals surface area (Å²) in [5.41, 5.74) is 0.573. The number of amides is 2. The van der Waals surface area contributed by atoms with Crippen LogP contribution in [0.25, 0.3) is 0 Å². The average molecular weight is 346 g/mol. The van der Waals surface area contributed by atoms with E-state index in [0.717, 1.165) is 4.90 Å². The maximum atomic E-state index is 12.9. The number of nitrogens with one attached hydrogen (secondary N) is 2. The van der Waals surface area contributed by atoms with Crippen LogP contribution >= 0.6 is 0 Å². The summed E-state index contributed by atoms with van der Waals surface area (Å²) in [6.45, 7) is 4.37. The Morgan fingerprint density at radius 1 is 1.20 bits per heavy atom. The molecule has 3 rings (SSSR count). The molecule has 2 aromatic rings. The molecule has 1 fully saturated rings. The highest BCUT2D eigenvalue weighted by atomic mass is 19.1. The lowest BCUT2D eigenvalue weighted by molar-refractivity contribution is -0.917. The highest BCUT2D eigenvalue weighted by Gasteiger charge is 2.31. The van der Waals surface area contributed by atoms with Crippen molar-refractivity contribution in [3.8, 4) is 0 Å². The van der Waals surface area contributed by atoms with E-state index in [9.17, 15) is 14.0 Å². The van der Waals surface area contributed by atoms with Gasteiger partial charge in [0.05, 0.1) is 32.4 Å². The van der Waals surface area contributed by atoms with Crippen molar-refractivity contribution in [1.82, 2.24) is 4.90 Å². The van der Waals surface area contributed by atoms with E-state index in [0.29, 0.717) is 37.6 Å². The fraction of sp³-hybridized carbons (Fsp3) is 0.333. The van der Waals surface area contributed by atoms with Crippen LogP contribution in [0.3, 0.4) is 0 Å². The van der Waals surface area contributed by atoms with Crippen LogP contribution in [0.15, 0.2) is 47.1 Å². The predicted octanol–water partition coefficient (Wildman–Crippen LogP) is 0.787. The molecule has 2 heterocycles. The molecule has 0 bridgehead atoms. The zero-order chi connectivity index (χ0) is 17.8. The van der Waals surface area contributed by atoms with Crippen LogP contribution in [0.2, 0.25) is 0 Å². The Morgan fingerprint density at radius 3 is 2.48 bits per heavy atom. The zero-order valence-electron chi connectivity index (χ0n) is 14.0. The highest BCUT2D eigenvalue weighted by Crippen LogP contribution is 2.09. The maximum Gasteiger partial charge on any atom is 0.289 e. The normalized spacial score (nSPS) is 16.5. The van der Waals surface area contributed by atoms with Gasteiger partial charge in [-0.1, -0.05) is 0 Å². The van der Waals surface area contributed by atoms with Crippen molar-refractivity contribution in [3.05, 3.63) is 54.2 Å². The molecule has 1 atom stereocenters. The van der Waals surface area contributed by atoms with Gasteiger partial charge >= 0.3 is 0 Å². The molecule has 0 saturated carbocycles. The fourth-order valence-corrected chi connectivity index (χ4v) is 2.96. The number of carbonyl (C=O) groups excluding carboxylic acids is 2. The van der Waals surface area contributed by atoms with Crippen molar-refractivity contribution >= 4 is 17.5 Å². The molecule has 1 aliphatic heterocycles. The summed E-state index contributed by atoms with van der Waals surface area (Å²) >= 11 is 0. The minimum Gasteiger partial charge on any atom is -0.459 e. The Labute approximate surface area is 145 Å². The number of quaternary nitrogens is 1. The highest BCUT2D eigenvalue weighted by molar-refractivity contribution is 5.93. The summed E-state index contributed by atoms with van der Waals surface area (Å²) in [6, 6.07) is 8.78. The molecule has 0 unspecified atom stereocenters. The zero-order valence-corrected chi connectivity index (χ0v) is 14.0. The molecule has 1 aromatic carbocycles. The molecule has 25 heavy (non-hydrogen) atoms. The largest absolute Gasteiger partial charge is 0.459 e. The number of rotatable bonds is 4. The quantitative estimate of drug-likeness (QED) is 0.860. The molecule has 7 heteroatoms. The van der Waals surface area contributed by atoms with Gasteiger partial charge in [-0.15, -0.1) is 0 Å². The Bertz CT molecular complexity index is 723. The van der Waals surface area contributed by atoms with Gasteiger partial charge in [-0.05, 0) is 43.3 Å². The van der Waals surface area contributed by atoms with Crippen molar-refractivity contribution in [2.75, 3.05) is 31.5 Å². The van der Waals surface area contributed by atoms with Gasteiger partial charge in [0, 0.05) is 5.69 Å². The van der Waals surface area contributed by atoms with Gasteiger partial charge in [0.15, 0.2) is 11.8 Å². The molecular formula is C18H21FN3O3+. The van der Waals surface area contributed by atoms with E-state index in [4.69, 9.17) is 4.42 Å². The average Bonchev–Trinajstić information content (AvgIpc) is 3.17. The summed E-state index contributed by atoms with van der Waals surface area (Å²) in [5.74, 6) is -0.237. The first-order valence-corrected chi connectivity index (χ1v) is 8.28. The van der Waals surface area contributed by atoms with Crippen LogP contribution in [0, 0.1) is 5.82 Å². The summed E-state index contributed by atoms with van der Waals surface area (Å²) in [7, 11) is 0. The van der Waals surface area contributed by atoms with Crippen molar-refractivity contribution in [3.63, 3.8) is 0 Å². The number of piperazine rings is 1. The van der Waals surface area contributed by atoms with Gasteiger partial charge in [-0.2, -0.15) is 0 Å². The number of benzene rings is 1. The Balaban J connectivity index is 1.52. The molecule has 6 nitrogen and oxygen atoms in total. The lowest BCUT2D eigenvalue weighted by atomic mass is 10.2. The predicted molar refractivity (Wildman–Crippen MR) is 89.8 cm³/mol. The van der Waals surface area contributed by atoms with Crippen LogP contribution in [-0.4, -0.2) is 48.9 Å². The van der Waals surface area contributed by atoms with Crippen molar-refractivity contribution < 1.29 is 23.3 Å². The van der Waals surface area contributed by atoms with Gasteiger partial charge < -0.3 is 19.5 Å². The van der Waals surface area contributed by atoms with E-state index in [1.807, 2.05) is 6.92 Å². The van der Waals surface area contributed by atoms with Crippen LogP contribution in [-0.2, 0) is 4.79 Å². The van der Waals surface area contributed by atoms with Crippen LogP contribution in [0.4, 0.5) is 10.1 Å². The molecular weight excluding hydrogens is 325 g/mol. The first-order valence-electron chi connectivity index (χ1n) is 8.28. The molecule has 1 saturated heterocycles.